The number of thiazole rings is 1. The lowest BCUT2D eigenvalue weighted by Gasteiger charge is -2.07. The smallest absolute Gasteiger partial charge is 0.227 e. The molecule has 0 aliphatic rings. The lowest BCUT2D eigenvalue weighted by atomic mass is 10.1. The van der Waals surface area contributed by atoms with Crippen molar-refractivity contribution >= 4 is 34.7 Å². The zero-order chi connectivity index (χ0) is 17.1. The van der Waals surface area contributed by atoms with Gasteiger partial charge in [-0.05, 0) is 49.4 Å². The van der Waals surface area contributed by atoms with Crippen molar-refractivity contribution in [2.45, 2.75) is 24.7 Å². The van der Waals surface area contributed by atoms with Gasteiger partial charge >= 0.3 is 0 Å². The summed E-state index contributed by atoms with van der Waals surface area (Å²) in [5.74, 6) is 0.531. The van der Waals surface area contributed by atoms with Gasteiger partial charge in [0.05, 0.1) is 16.5 Å². The highest BCUT2D eigenvalue weighted by Gasteiger charge is 2.13. The number of anilines is 2. The van der Waals surface area contributed by atoms with Gasteiger partial charge in [0.15, 0.2) is 0 Å². The maximum atomic E-state index is 9.40. The van der Waals surface area contributed by atoms with E-state index < -0.39 is 0 Å². The van der Waals surface area contributed by atoms with E-state index in [0.29, 0.717) is 11.6 Å². The molecule has 2 N–H and O–H groups in total. The van der Waals surface area contributed by atoms with Crippen molar-refractivity contribution in [3.05, 3.63) is 47.3 Å². The first-order valence-electron chi connectivity index (χ1n) is 7.42. The number of benzene rings is 1. The van der Waals surface area contributed by atoms with Crippen molar-refractivity contribution in [1.29, 1.82) is 0 Å². The Kier molecular flexibility index (Phi) is 5.13. The third-order valence-corrected chi connectivity index (χ3v) is 5.62. The topological polar surface area (TPSA) is 70.9 Å². The number of rotatable bonds is 5. The monoisotopic (exact) mass is 358 g/mol. The van der Waals surface area contributed by atoms with Gasteiger partial charge in [-0.2, -0.15) is 0 Å². The van der Waals surface area contributed by atoms with E-state index in [1.54, 1.807) is 18.0 Å². The maximum Gasteiger partial charge on any atom is 0.227 e. The summed E-state index contributed by atoms with van der Waals surface area (Å²) < 4.78 is 1.01. The maximum absolute atomic E-state index is 9.40. The first-order chi connectivity index (χ1) is 11.6. The molecule has 0 atom stereocenters. The summed E-state index contributed by atoms with van der Waals surface area (Å²) in [6, 6.07) is 8.07. The van der Waals surface area contributed by atoms with Crippen LogP contribution in [0.1, 0.15) is 16.8 Å². The van der Waals surface area contributed by atoms with E-state index in [1.807, 2.05) is 12.3 Å². The molecule has 0 aliphatic carbocycles. The van der Waals surface area contributed by atoms with Crippen molar-refractivity contribution in [1.82, 2.24) is 15.0 Å². The van der Waals surface area contributed by atoms with E-state index in [9.17, 15) is 5.11 Å². The molecule has 0 bridgehead atoms. The molecule has 0 radical (unpaired) electrons. The van der Waals surface area contributed by atoms with Crippen LogP contribution in [-0.2, 0) is 6.61 Å². The summed E-state index contributed by atoms with van der Waals surface area (Å²) in [5, 5.41) is 13.4. The molecule has 3 rings (SSSR count). The number of hydrogen-bond donors (Lipinski definition) is 2. The van der Waals surface area contributed by atoms with E-state index in [2.05, 4.69) is 52.3 Å². The van der Waals surface area contributed by atoms with Crippen molar-refractivity contribution in [3.8, 4) is 10.7 Å². The van der Waals surface area contributed by atoms with E-state index in [0.717, 1.165) is 20.6 Å². The van der Waals surface area contributed by atoms with Gasteiger partial charge in [0.25, 0.3) is 0 Å². The molecule has 0 fully saturated rings. The molecule has 7 heteroatoms. The van der Waals surface area contributed by atoms with Crippen LogP contribution in [0.5, 0.6) is 0 Å². The van der Waals surface area contributed by atoms with Crippen LogP contribution in [0.4, 0.5) is 11.6 Å². The molecule has 24 heavy (non-hydrogen) atoms. The quantitative estimate of drug-likeness (QED) is 0.667. The number of hydrogen-bond acceptors (Lipinski definition) is 7. The number of nitrogens with zero attached hydrogens (tertiary/aromatic N) is 3. The molecule has 2 heterocycles. The average Bonchev–Trinajstić information content (AvgIpc) is 2.97. The summed E-state index contributed by atoms with van der Waals surface area (Å²) >= 11 is 3.11. The summed E-state index contributed by atoms with van der Waals surface area (Å²) in [4.78, 5) is 13.3. The first kappa shape index (κ1) is 16.9. The van der Waals surface area contributed by atoms with Gasteiger partial charge in [0.2, 0.25) is 5.95 Å². The lowest BCUT2D eigenvalue weighted by Crippen LogP contribution is -1.98. The molecule has 0 spiro atoms. The van der Waals surface area contributed by atoms with Gasteiger partial charge in [-0.1, -0.05) is 6.07 Å². The highest BCUT2D eigenvalue weighted by atomic mass is 32.2. The van der Waals surface area contributed by atoms with Crippen molar-refractivity contribution < 1.29 is 5.11 Å². The number of aromatic nitrogens is 3. The minimum absolute atomic E-state index is 0.0641. The second-order valence-electron chi connectivity index (χ2n) is 5.38. The number of aryl methyl sites for hydroxylation is 2. The Morgan fingerprint density at radius 2 is 1.92 bits per heavy atom. The minimum atomic E-state index is -0.0641. The second kappa shape index (κ2) is 7.29. The molecule has 1 aromatic carbocycles. The van der Waals surface area contributed by atoms with Crippen molar-refractivity contribution in [3.63, 3.8) is 0 Å². The van der Waals surface area contributed by atoms with Gasteiger partial charge in [0.1, 0.15) is 10.7 Å². The Morgan fingerprint density at radius 3 is 2.54 bits per heavy atom. The summed E-state index contributed by atoms with van der Waals surface area (Å²) in [6.45, 7) is 4.06. The fraction of sp³-hybridized carbons (Fsp3) is 0.235. The summed E-state index contributed by atoms with van der Waals surface area (Å²) in [5.41, 5.74) is 4.78. The lowest BCUT2D eigenvalue weighted by molar-refractivity contribution is 0.275. The van der Waals surface area contributed by atoms with E-state index in [4.69, 9.17) is 0 Å². The van der Waals surface area contributed by atoms with Crippen LogP contribution >= 0.6 is 23.1 Å². The van der Waals surface area contributed by atoms with E-state index >= 15 is 0 Å². The Morgan fingerprint density at radius 1 is 1.17 bits per heavy atom. The van der Waals surface area contributed by atoms with Gasteiger partial charge < -0.3 is 10.4 Å². The van der Waals surface area contributed by atoms with Crippen LogP contribution < -0.4 is 5.32 Å². The molecular formula is C17H18N4OS2. The van der Waals surface area contributed by atoms with Crippen LogP contribution in [0.3, 0.4) is 0 Å². The molecule has 2 aromatic heterocycles. The Balaban J connectivity index is 1.90. The molecule has 0 saturated heterocycles. The Labute approximate surface area is 149 Å². The fourth-order valence-corrected chi connectivity index (χ4v) is 4.11. The number of nitrogens with one attached hydrogen (secondary N) is 1. The average molecular weight is 358 g/mol. The molecule has 124 valence electrons. The van der Waals surface area contributed by atoms with E-state index in [1.165, 1.54) is 22.5 Å². The normalized spacial score (nSPS) is 10.8. The second-order valence-corrected chi connectivity index (χ2v) is 7.46. The van der Waals surface area contributed by atoms with Crippen LogP contribution in [0.25, 0.3) is 10.7 Å². The molecule has 5 nitrogen and oxygen atoms in total. The van der Waals surface area contributed by atoms with Gasteiger partial charge in [-0.25, -0.2) is 15.0 Å². The van der Waals surface area contributed by atoms with Crippen molar-refractivity contribution in [2.24, 2.45) is 0 Å². The van der Waals surface area contributed by atoms with Crippen molar-refractivity contribution in [2.75, 3.05) is 11.6 Å². The third kappa shape index (κ3) is 3.75. The molecule has 0 aliphatic heterocycles. The van der Waals surface area contributed by atoms with Gasteiger partial charge in [0, 0.05) is 11.9 Å². The molecular weight excluding hydrogens is 340 g/mol. The standard InChI is InChI=1S/C17H18N4OS2/c1-10-6-11(2)8-12(7-10)19-17-18-5-4-13(21-17)15-20-14(9-22)16(23-3)24-15/h4-8,22H,9H2,1-3H3,(H,18,19,21). The Bertz CT molecular complexity index is 822. The SMILES string of the molecule is CSc1sc(-c2ccnc(Nc3cc(C)cc(C)c3)n2)nc1CO. The molecule has 0 unspecified atom stereocenters. The molecule has 0 amide bonds. The predicted octanol–water partition coefficient (Wildman–Crippen LogP) is 4.17. The summed E-state index contributed by atoms with van der Waals surface area (Å²) in [7, 11) is 0. The van der Waals surface area contributed by atoms with Crippen LogP contribution in [0.2, 0.25) is 0 Å². The largest absolute Gasteiger partial charge is 0.390 e. The summed E-state index contributed by atoms with van der Waals surface area (Å²) in [6.07, 6.45) is 3.69. The predicted molar refractivity (Wildman–Crippen MR) is 100 cm³/mol. The van der Waals surface area contributed by atoms with Crippen LogP contribution in [0, 0.1) is 13.8 Å². The fourth-order valence-electron chi connectivity index (χ4n) is 2.42. The molecule has 3 aromatic rings. The highest BCUT2D eigenvalue weighted by Crippen LogP contribution is 2.33. The Hall–Kier alpha value is -1.96. The van der Waals surface area contributed by atoms with E-state index in [-0.39, 0.29) is 6.61 Å². The zero-order valence-electron chi connectivity index (χ0n) is 13.7. The van der Waals surface area contributed by atoms with Gasteiger partial charge in [-0.3, -0.25) is 0 Å². The molecule has 0 saturated carbocycles. The number of aliphatic hydroxyl groups is 1. The zero-order valence-corrected chi connectivity index (χ0v) is 15.3. The first-order valence-corrected chi connectivity index (χ1v) is 9.46. The third-order valence-electron chi connectivity index (χ3n) is 3.35. The minimum Gasteiger partial charge on any atom is -0.390 e. The highest BCUT2D eigenvalue weighted by molar-refractivity contribution is 8.00. The van der Waals surface area contributed by atoms with Crippen LogP contribution in [0.15, 0.2) is 34.7 Å². The number of thioether (sulfide) groups is 1. The van der Waals surface area contributed by atoms with Crippen LogP contribution in [-0.4, -0.2) is 26.3 Å². The van der Waals surface area contributed by atoms with Gasteiger partial charge in [-0.15, -0.1) is 23.1 Å². The number of aliphatic hydroxyl groups excluding tert-OH is 1.